The predicted molar refractivity (Wildman–Crippen MR) is 149 cm³/mol. The number of carbonyl (C=O) groups is 3. The van der Waals surface area contributed by atoms with Gasteiger partial charge in [0.2, 0.25) is 0 Å². The maximum atomic E-state index is 13.3. The number of fused-ring (bicyclic) bond motifs is 4. The van der Waals surface area contributed by atoms with Gasteiger partial charge in [0, 0.05) is 37.8 Å². The molecule has 0 N–H and O–H groups in total. The van der Waals surface area contributed by atoms with Crippen LogP contribution in [0.1, 0.15) is 66.4 Å². The van der Waals surface area contributed by atoms with Crippen molar-refractivity contribution in [1.29, 1.82) is 0 Å². The second-order valence-corrected chi connectivity index (χ2v) is 12.0. The van der Waals surface area contributed by atoms with Gasteiger partial charge in [-0.05, 0) is 49.2 Å². The maximum absolute atomic E-state index is 13.3. The van der Waals surface area contributed by atoms with Crippen LogP contribution >= 0.6 is 0 Å². The molecule has 2 saturated carbocycles. The molecule has 5 rings (SSSR count). The van der Waals surface area contributed by atoms with Crippen LogP contribution in [-0.4, -0.2) is 42.3 Å². The molecule has 1 aromatic heterocycles. The van der Waals surface area contributed by atoms with E-state index in [-0.39, 0.29) is 18.1 Å². The summed E-state index contributed by atoms with van der Waals surface area (Å²) in [5, 5.41) is 0. The zero-order valence-electron chi connectivity index (χ0n) is 24.3. The monoisotopic (exact) mass is 564 g/mol. The molecule has 2 aromatic rings. The Bertz CT molecular complexity index is 1470. The van der Waals surface area contributed by atoms with E-state index in [0.717, 1.165) is 11.1 Å². The molecule has 0 radical (unpaired) electrons. The Labute approximate surface area is 238 Å². The number of carbonyl (C=O) groups excluding carboxylic acids is 3. The van der Waals surface area contributed by atoms with Crippen LogP contribution in [0.15, 0.2) is 51.2 Å². The first kappa shape index (κ1) is 28.6. The molecule has 0 saturated heterocycles. The van der Waals surface area contributed by atoms with Gasteiger partial charge >= 0.3 is 23.5 Å². The van der Waals surface area contributed by atoms with Crippen LogP contribution in [0.2, 0.25) is 0 Å². The number of hydrogen-bond acceptors (Lipinski definition) is 9. The minimum Gasteiger partial charge on any atom is -0.478 e. The summed E-state index contributed by atoms with van der Waals surface area (Å²) in [4.78, 5) is 49.8. The van der Waals surface area contributed by atoms with Gasteiger partial charge in [-0.3, -0.25) is 14.4 Å². The fraction of sp³-hybridized carbons (Fsp3) is 0.500. The van der Waals surface area contributed by atoms with Gasteiger partial charge in [-0.25, -0.2) is 4.79 Å². The highest BCUT2D eigenvalue weighted by Gasteiger charge is 2.66. The number of benzene rings is 1. The molecule has 6 atom stereocenters. The summed E-state index contributed by atoms with van der Waals surface area (Å²) in [6.45, 7) is 9.97. The van der Waals surface area contributed by atoms with Gasteiger partial charge in [0.15, 0.2) is 5.60 Å². The third-order valence-corrected chi connectivity index (χ3v) is 9.26. The highest BCUT2D eigenvalue weighted by atomic mass is 16.6. The molecule has 1 aliphatic heterocycles. The Balaban J connectivity index is 1.68. The lowest BCUT2D eigenvalue weighted by molar-refractivity contribution is -0.203. The summed E-state index contributed by atoms with van der Waals surface area (Å²) >= 11 is 0. The van der Waals surface area contributed by atoms with Crippen molar-refractivity contribution in [2.24, 2.45) is 16.7 Å². The lowest BCUT2D eigenvalue weighted by atomic mass is 9.45. The summed E-state index contributed by atoms with van der Waals surface area (Å²) in [6, 6.07) is 11.0. The Hall–Kier alpha value is -3.88. The SMILES string of the molecule is CC(=O)OCC1(C)C(OC(C)=O)CCC2(C)C3=Cc4c(cc(-c5ccccc5)oc4=O)OC3(C)C(OC(C)=O)CC21. The van der Waals surface area contributed by atoms with Crippen molar-refractivity contribution in [2.75, 3.05) is 6.61 Å². The van der Waals surface area contributed by atoms with Gasteiger partial charge in [-0.2, -0.15) is 0 Å². The third kappa shape index (κ3) is 4.85. The molecule has 0 spiro atoms. The van der Waals surface area contributed by atoms with E-state index in [0.29, 0.717) is 30.8 Å². The molecule has 2 fully saturated rings. The standard InChI is InChI=1S/C32H36O9/c1-18(33)37-17-31(5)25-16-28(39-20(3)35)32(6)26(30(25,4)13-12-27(31)38-19(2)34)14-22-24(41-32)15-23(40-29(22)36)21-10-8-7-9-11-21/h7-11,14-15,25,27-28H,12-13,16-17H2,1-6H3. The van der Waals surface area contributed by atoms with Crippen molar-refractivity contribution in [3.05, 3.63) is 58.0 Å². The Kier molecular flexibility index (Phi) is 7.12. The number of ether oxygens (including phenoxy) is 4. The first-order valence-corrected chi connectivity index (χ1v) is 13.9. The van der Waals surface area contributed by atoms with E-state index in [1.165, 1.54) is 20.8 Å². The Morgan fingerprint density at radius 2 is 1.61 bits per heavy atom. The van der Waals surface area contributed by atoms with E-state index < -0.39 is 52.2 Å². The average molecular weight is 565 g/mol. The summed E-state index contributed by atoms with van der Waals surface area (Å²) in [6.07, 6.45) is 2.02. The lowest BCUT2D eigenvalue weighted by Gasteiger charge is -2.63. The molecule has 0 bridgehead atoms. The Morgan fingerprint density at radius 3 is 2.24 bits per heavy atom. The molecular formula is C32H36O9. The highest BCUT2D eigenvalue weighted by Crippen LogP contribution is 2.65. The van der Waals surface area contributed by atoms with Crippen LogP contribution in [0.4, 0.5) is 0 Å². The molecule has 1 aromatic carbocycles. The lowest BCUT2D eigenvalue weighted by Crippen LogP contribution is -2.66. The largest absolute Gasteiger partial charge is 0.478 e. The molecule has 3 aliphatic rings. The second kappa shape index (κ2) is 10.2. The van der Waals surface area contributed by atoms with Crippen molar-refractivity contribution in [3.8, 4) is 17.1 Å². The van der Waals surface area contributed by atoms with Crippen LogP contribution in [0.5, 0.6) is 5.75 Å². The van der Waals surface area contributed by atoms with Crippen molar-refractivity contribution in [1.82, 2.24) is 0 Å². The first-order valence-electron chi connectivity index (χ1n) is 13.9. The molecule has 2 aliphatic carbocycles. The molecular weight excluding hydrogens is 528 g/mol. The molecule has 9 heteroatoms. The van der Waals surface area contributed by atoms with E-state index in [4.69, 9.17) is 23.4 Å². The number of esters is 3. The maximum Gasteiger partial charge on any atom is 0.347 e. The van der Waals surface area contributed by atoms with E-state index >= 15 is 0 Å². The fourth-order valence-electron chi connectivity index (χ4n) is 7.37. The highest BCUT2D eigenvalue weighted by molar-refractivity contribution is 5.71. The van der Waals surface area contributed by atoms with Crippen LogP contribution in [0.3, 0.4) is 0 Å². The van der Waals surface area contributed by atoms with Gasteiger partial charge < -0.3 is 23.4 Å². The zero-order valence-corrected chi connectivity index (χ0v) is 24.3. The number of rotatable bonds is 5. The van der Waals surface area contributed by atoms with Gasteiger partial charge in [0.1, 0.15) is 35.9 Å². The van der Waals surface area contributed by atoms with Gasteiger partial charge in [-0.1, -0.05) is 44.2 Å². The van der Waals surface area contributed by atoms with Crippen molar-refractivity contribution >= 4 is 24.0 Å². The van der Waals surface area contributed by atoms with Crippen LogP contribution in [0.25, 0.3) is 17.4 Å². The Morgan fingerprint density at radius 1 is 0.951 bits per heavy atom. The smallest absolute Gasteiger partial charge is 0.347 e. The van der Waals surface area contributed by atoms with Crippen LogP contribution in [0, 0.1) is 16.7 Å². The summed E-state index contributed by atoms with van der Waals surface area (Å²) in [7, 11) is 0. The van der Waals surface area contributed by atoms with E-state index in [1.54, 1.807) is 6.07 Å². The topological polar surface area (TPSA) is 118 Å². The van der Waals surface area contributed by atoms with Gasteiger partial charge in [0.25, 0.3) is 0 Å². The first-order chi connectivity index (χ1) is 19.3. The second-order valence-electron chi connectivity index (χ2n) is 12.0. The summed E-state index contributed by atoms with van der Waals surface area (Å²) < 4.78 is 29.7. The zero-order chi connectivity index (χ0) is 29.7. The molecule has 41 heavy (non-hydrogen) atoms. The summed E-state index contributed by atoms with van der Waals surface area (Å²) in [5.41, 5.74) is -1.23. The minimum absolute atomic E-state index is 0.0113. The quantitative estimate of drug-likeness (QED) is 0.361. The number of hydrogen-bond donors (Lipinski definition) is 0. The normalized spacial score (nSPS) is 31.8. The summed E-state index contributed by atoms with van der Waals surface area (Å²) in [5.74, 6) is -0.891. The van der Waals surface area contributed by atoms with E-state index in [9.17, 15) is 19.2 Å². The fourth-order valence-corrected chi connectivity index (χ4v) is 7.37. The van der Waals surface area contributed by atoms with Crippen LogP contribution < -0.4 is 10.4 Å². The average Bonchev–Trinajstić information content (AvgIpc) is 2.90. The molecule has 6 unspecified atom stereocenters. The van der Waals surface area contributed by atoms with E-state index in [1.807, 2.05) is 50.3 Å². The molecule has 0 amide bonds. The molecule has 2 heterocycles. The van der Waals surface area contributed by atoms with Crippen molar-refractivity contribution in [2.45, 2.75) is 78.6 Å². The van der Waals surface area contributed by atoms with Crippen molar-refractivity contribution in [3.63, 3.8) is 0 Å². The molecule has 9 nitrogen and oxygen atoms in total. The van der Waals surface area contributed by atoms with Gasteiger partial charge in [-0.15, -0.1) is 0 Å². The third-order valence-electron chi connectivity index (χ3n) is 9.26. The van der Waals surface area contributed by atoms with E-state index in [2.05, 4.69) is 6.92 Å². The van der Waals surface area contributed by atoms with Crippen LogP contribution in [-0.2, 0) is 28.6 Å². The van der Waals surface area contributed by atoms with Gasteiger partial charge in [0.05, 0.1) is 0 Å². The van der Waals surface area contributed by atoms with Crippen molar-refractivity contribution < 1.29 is 37.7 Å². The predicted octanol–water partition coefficient (Wildman–Crippen LogP) is 5.09. The molecule has 218 valence electrons. The minimum atomic E-state index is -1.09.